The number of fused-ring (bicyclic) bond motifs is 1. The third kappa shape index (κ3) is 5.32. The average molecular weight is 465 g/mol. The summed E-state index contributed by atoms with van der Waals surface area (Å²) in [5.41, 5.74) is 8.76. The summed E-state index contributed by atoms with van der Waals surface area (Å²) < 4.78 is 1.68. The number of aromatic nitrogens is 3. The number of nitrogens with one attached hydrogen (secondary N) is 2. The number of hydrogen-bond acceptors (Lipinski definition) is 3. The number of carbonyl (C=O) groups excluding carboxylic acids is 1. The monoisotopic (exact) mass is 464 g/mol. The second kappa shape index (κ2) is 9.97. The number of amides is 1. The fraction of sp³-hybridized carbons (Fsp3) is 0.207. The molecule has 3 heterocycles. The van der Waals surface area contributed by atoms with Crippen LogP contribution in [0.3, 0.4) is 0 Å². The van der Waals surface area contributed by atoms with E-state index in [1.807, 2.05) is 30.5 Å². The van der Waals surface area contributed by atoms with Gasteiger partial charge in [-0.1, -0.05) is 30.3 Å². The fourth-order valence-corrected chi connectivity index (χ4v) is 4.53. The first-order chi connectivity index (χ1) is 17.0. The van der Waals surface area contributed by atoms with Crippen LogP contribution in [-0.2, 0) is 19.4 Å². The van der Waals surface area contributed by atoms with Crippen LogP contribution in [0.1, 0.15) is 50.3 Å². The Labute approximate surface area is 204 Å². The molecule has 1 aromatic carbocycles. The number of nitrogens with zero attached hydrogens (tertiary/aromatic N) is 2. The van der Waals surface area contributed by atoms with Crippen molar-refractivity contribution in [2.45, 2.75) is 32.7 Å². The lowest BCUT2D eigenvalue weighted by atomic mass is 9.95. The van der Waals surface area contributed by atoms with E-state index >= 15 is 0 Å². The lowest BCUT2D eigenvalue weighted by molar-refractivity contribution is 0.0956. The van der Waals surface area contributed by atoms with Crippen LogP contribution in [0, 0.1) is 6.92 Å². The summed E-state index contributed by atoms with van der Waals surface area (Å²) in [6.45, 7) is 3.20. The second-order valence-electron chi connectivity index (χ2n) is 9.09. The van der Waals surface area contributed by atoms with Crippen LogP contribution in [-0.4, -0.2) is 27.0 Å². The highest BCUT2D eigenvalue weighted by atomic mass is 16.1. The summed E-state index contributed by atoms with van der Waals surface area (Å²) in [6, 6.07) is 15.3. The molecular weight excluding hydrogens is 436 g/mol. The molecule has 0 radical (unpaired) electrons. The van der Waals surface area contributed by atoms with Crippen LogP contribution in [0.2, 0.25) is 0 Å². The van der Waals surface area contributed by atoms with Crippen LogP contribution in [0.5, 0.6) is 0 Å². The minimum atomic E-state index is -0.114. The SMILES string of the molecule is Cc1c[nH]c2c1CCC(CNC(=O)c1cncc(Cc3ccc(Cn4ccccc4=O)cc3)c1)=C2. The van der Waals surface area contributed by atoms with E-state index in [0.717, 1.165) is 35.2 Å². The maximum Gasteiger partial charge on any atom is 0.253 e. The van der Waals surface area contributed by atoms with Gasteiger partial charge in [-0.3, -0.25) is 14.6 Å². The summed E-state index contributed by atoms with van der Waals surface area (Å²) in [7, 11) is 0. The van der Waals surface area contributed by atoms with Gasteiger partial charge < -0.3 is 14.9 Å². The smallest absolute Gasteiger partial charge is 0.253 e. The number of rotatable bonds is 7. The molecule has 3 aromatic heterocycles. The van der Waals surface area contributed by atoms with Crippen LogP contribution in [0.4, 0.5) is 0 Å². The van der Waals surface area contributed by atoms with Gasteiger partial charge >= 0.3 is 0 Å². The minimum absolute atomic E-state index is 0.0123. The molecule has 176 valence electrons. The first-order valence-electron chi connectivity index (χ1n) is 11.9. The third-order valence-corrected chi connectivity index (χ3v) is 6.51. The quantitative estimate of drug-likeness (QED) is 0.429. The van der Waals surface area contributed by atoms with Crippen molar-refractivity contribution in [1.29, 1.82) is 0 Å². The highest BCUT2D eigenvalue weighted by Crippen LogP contribution is 2.25. The van der Waals surface area contributed by atoms with Gasteiger partial charge in [-0.2, -0.15) is 0 Å². The van der Waals surface area contributed by atoms with Crippen molar-refractivity contribution < 1.29 is 4.79 Å². The number of aryl methyl sites for hydroxylation is 1. The minimum Gasteiger partial charge on any atom is -0.361 e. The van der Waals surface area contributed by atoms with Gasteiger partial charge in [0.15, 0.2) is 0 Å². The van der Waals surface area contributed by atoms with E-state index in [1.165, 1.54) is 16.7 Å². The Balaban J connectivity index is 1.20. The number of aromatic amines is 1. The van der Waals surface area contributed by atoms with Gasteiger partial charge in [0.05, 0.1) is 12.1 Å². The molecular formula is C29H28N4O2. The third-order valence-electron chi connectivity index (χ3n) is 6.51. The first kappa shape index (κ1) is 22.6. The molecule has 0 saturated carbocycles. The highest BCUT2D eigenvalue weighted by molar-refractivity contribution is 5.94. The predicted molar refractivity (Wildman–Crippen MR) is 137 cm³/mol. The zero-order chi connectivity index (χ0) is 24.2. The van der Waals surface area contributed by atoms with Crippen LogP contribution < -0.4 is 10.9 Å². The van der Waals surface area contributed by atoms with E-state index in [1.54, 1.807) is 35.3 Å². The Bertz CT molecular complexity index is 1440. The van der Waals surface area contributed by atoms with Crippen LogP contribution >= 0.6 is 0 Å². The number of carbonyl (C=O) groups is 1. The normalized spacial score (nSPS) is 12.7. The van der Waals surface area contributed by atoms with Crippen LogP contribution in [0.15, 0.2) is 83.7 Å². The van der Waals surface area contributed by atoms with E-state index < -0.39 is 0 Å². The van der Waals surface area contributed by atoms with E-state index in [9.17, 15) is 9.59 Å². The molecule has 2 N–H and O–H groups in total. The van der Waals surface area contributed by atoms with E-state index in [-0.39, 0.29) is 11.5 Å². The molecule has 1 amide bonds. The van der Waals surface area contributed by atoms with Crippen molar-refractivity contribution in [2.24, 2.45) is 0 Å². The lowest BCUT2D eigenvalue weighted by Crippen LogP contribution is -2.26. The second-order valence-corrected chi connectivity index (χ2v) is 9.09. The van der Waals surface area contributed by atoms with Gasteiger partial charge in [-0.05, 0) is 77.8 Å². The molecule has 0 atom stereocenters. The Morgan fingerprint density at radius 2 is 1.89 bits per heavy atom. The topological polar surface area (TPSA) is 79.8 Å². The molecule has 0 aliphatic heterocycles. The summed E-state index contributed by atoms with van der Waals surface area (Å²) in [5.74, 6) is -0.114. The van der Waals surface area contributed by atoms with Crippen molar-refractivity contribution in [3.63, 3.8) is 0 Å². The molecule has 0 fully saturated rings. The Morgan fingerprint density at radius 3 is 2.71 bits per heavy atom. The molecule has 0 saturated heterocycles. The van der Waals surface area contributed by atoms with Gasteiger partial charge in [-0.15, -0.1) is 0 Å². The van der Waals surface area contributed by atoms with Crippen molar-refractivity contribution in [3.8, 4) is 0 Å². The summed E-state index contributed by atoms with van der Waals surface area (Å²) in [4.78, 5) is 32.3. The summed E-state index contributed by atoms with van der Waals surface area (Å²) >= 11 is 0. The largest absolute Gasteiger partial charge is 0.361 e. The molecule has 35 heavy (non-hydrogen) atoms. The van der Waals surface area contributed by atoms with Crippen molar-refractivity contribution >= 4 is 12.0 Å². The fourth-order valence-electron chi connectivity index (χ4n) is 4.53. The Hall–Kier alpha value is -4.19. The average Bonchev–Trinajstić information content (AvgIpc) is 3.25. The number of benzene rings is 1. The molecule has 6 heteroatoms. The maximum atomic E-state index is 12.8. The van der Waals surface area contributed by atoms with Gasteiger partial charge in [0, 0.05) is 43.1 Å². The van der Waals surface area contributed by atoms with Crippen molar-refractivity contribution in [3.05, 3.63) is 128 Å². The number of pyridine rings is 2. The standard InChI is InChI=1S/C29H28N4O2/c1-20-15-31-27-14-23(9-10-26(20)27)17-32-29(35)25-13-24(16-30-18-25)12-21-5-7-22(8-6-21)19-33-11-3-2-4-28(33)34/h2-8,11,13-16,18,31H,9-10,12,17,19H2,1H3,(H,32,35). The maximum absolute atomic E-state index is 12.8. The van der Waals surface area contributed by atoms with E-state index in [4.69, 9.17) is 0 Å². The molecule has 0 spiro atoms. The first-order valence-corrected chi connectivity index (χ1v) is 11.9. The van der Waals surface area contributed by atoms with Crippen molar-refractivity contribution in [1.82, 2.24) is 19.9 Å². The molecule has 0 unspecified atom stereocenters. The van der Waals surface area contributed by atoms with E-state index in [0.29, 0.717) is 25.1 Å². The Kier molecular flexibility index (Phi) is 6.44. The van der Waals surface area contributed by atoms with Gasteiger partial charge in [-0.25, -0.2) is 0 Å². The van der Waals surface area contributed by atoms with Gasteiger partial charge in [0.2, 0.25) is 0 Å². The molecule has 1 aliphatic carbocycles. The zero-order valence-corrected chi connectivity index (χ0v) is 19.8. The molecule has 5 rings (SSSR count). The van der Waals surface area contributed by atoms with E-state index in [2.05, 4.69) is 40.4 Å². The number of hydrogen-bond donors (Lipinski definition) is 2. The van der Waals surface area contributed by atoms with Gasteiger partial charge in [0.1, 0.15) is 0 Å². The lowest BCUT2D eigenvalue weighted by Gasteiger charge is -2.15. The molecule has 0 bridgehead atoms. The van der Waals surface area contributed by atoms with Crippen molar-refractivity contribution in [2.75, 3.05) is 6.54 Å². The van der Waals surface area contributed by atoms with Gasteiger partial charge in [0.25, 0.3) is 11.5 Å². The number of H-pyrrole nitrogens is 1. The zero-order valence-electron chi connectivity index (χ0n) is 19.8. The predicted octanol–water partition coefficient (Wildman–Crippen LogP) is 4.28. The molecule has 1 aliphatic rings. The van der Waals surface area contributed by atoms with Crippen LogP contribution in [0.25, 0.3) is 6.08 Å². The highest BCUT2D eigenvalue weighted by Gasteiger charge is 2.15. The Morgan fingerprint density at radius 1 is 1.06 bits per heavy atom. The molecule has 6 nitrogen and oxygen atoms in total. The summed E-state index contributed by atoms with van der Waals surface area (Å²) in [6.07, 6.45) is 12.0. The summed E-state index contributed by atoms with van der Waals surface area (Å²) in [5, 5.41) is 3.04. The molecule has 4 aromatic rings.